The summed E-state index contributed by atoms with van der Waals surface area (Å²) in [6.45, 7) is 4.07. The molecule has 27 heavy (non-hydrogen) atoms. The van der Waals surface area contributed by atoms with Gasteiger partial charge in [-0.15, -0.1) is 0 Å². The van der Waals surface area contributed by atoms with Gasteiger partial charge in [0.15, 0.2) is 5.41 Å². The molecule has 0 radical (unpaired) electrons. The zero-order chi connectivity index (χ0) is 19.5. The molecule has 0 bridgehead atoms. The first-order valence-electron chi connectivity index (χ1n) is 8.60. The molecular formula is C17H18N4O6. The lowest BCUT2D eigenvalue weighted by atomic mass is 9.66. The second-order valence-electron chi connectivity index (χ2n) is 7.20. The van der Waals surface area contributed by atoms with Crippen molar-refractivity contribution in [1.29, 1.82) is 0 Å². The quantitative estimate of drug-likeness (QED) is 0.415. The number of urea groups is 1. The van der Waals surface area contributed by atoms with Crippen LogP contribution in [0.3, 0.4) is 0 Å². The summed E-state index contributed by atoms with van der Waals surface area (Å²) in [7, 11) is 0. The number of ether oxygens (including phenoxy) is 1. The van der Waals surface area contributed by atoms with E-state index in [9.17, 15) is 24.5 Å². The summed E-state index contributed by atoms with van der Waals surface area (Å²) in [6, 6.07) is 2.92. The maximum Gasteiger partial charge on any atom is 0.328 e. The molecule has 10 heteroatoms. The van der Waals surface area contributed by atoms with Crippen molar-refractivity contribution in [3.63, 3.8) is 0 Å². The summed E-state index contributed by atoms with van der Waals surface area (Å²) < 4.78 is 5.89. The van der Waals surface area contributed by atoms with Crippen molar-refractivity contribution in [2.24, 2.45) is 5.41 Å². The van der Waals surface area contributed by atoms with Gasteiger partial charge in [-0.2, -0.15) is 0 Å². The molecule has 2 saturated heterocycles. The van der Waals surface area contributed by atoms with Gasteiger partial charge in [0.05, 0.1) is 23.2 Å². The van der Waals surface area contributed by atoms with Crippen LogP contribution in [0, 0.1) is 15.5 Å². The number of rotatable bonds is 1. The number of nitrogens with zero attached hydrogens (tertiary/aromatic N) is 2. The molecule has 1 spiro atoms. The zero-order valence-corrected chi connectivity index (χ0v) is 14.7. The number of carbonyl (C=O) groups excluding carboxylic acids is 3. The van der Waals surface area contributed by atoms with Crippen molar-refractivity contribution in [3.8, 4) is 0 Å². The summed E-state index contributed by atoms with van der Waals surface area (Å²) in [5.74, 6) is -1.43. The molecule has 3 heterocycles. The van der Waals surface area contributed by atoms with E-state index in [4.69, 9.17) is 4.74 Å². The van der Waals surface area contributed by atoms with Gasteiger partial charge >= 0.3 is 6.03 Å². The number of hydrogen-bond acceptors (Lipinski definition) is 7. The van der Waals surface area contributed by atoms with E-state index in [-0.39, 0.29) is 18.2 Å². The van der Waals surface area contributed by atoms with Crippen LogP contribution >= 0.6 is 0 Å². The van der Waals surface area contributed by atoms with Gasteiger partial charge in [-0.05, 0) is 25.5 Å². The Morgan fingerprint density at radius 1 is 1.22 bits per heavy atom. The molecule has 1 aromatic carbocycles. The van der Waals surface area contributed by atoms with Crippen molar-refractivity contribution < 1.29 is 24.0 Å². The summed E-state index contributed by atoms with van der Waals surface area (Å²) in [5, 5.41) is 15.5. The second-order valence-corrected chi connectivity index (χ2v) is 7.20. The van der Waals surface area contributed by atoms with E-state index in [1.54, 1.807) is 13.0 Å². The molecule has 2 N–H and O–H groups in total. The van der Waals surface area contributed by atoms with Gasteiger partial charge in [-0.1, -0.05) is 0 Å². The van der Waals surface area contributed by atoms with Crippen LogP contribution in [0.5, 0.6) is 0 Å². The van der Waals surface area contributed by atoms with E-state index in [0.29, 0.717) is 12.1 Å². The van der Waals surface area contributed by atoms with Crippen molar-refractivity contribution >= 4 is 29.2 Å². The number of nitro benzene ring substituents is 1. The van der Waals surface area contributed by atoms with Crippen LogP contribution in [0.15, 0.2) is 18.2 Å². The summed E-state index contributed by atoms with van der Waals surface area (Å²) in [5.41, 5.74) is -0.489. The fraction of sp³-hybridized carbons (Fsp3) is 0.471. The Kier molecular flexibility index (Phi) is 3.70. The number of carbonyl (C=O) groups is 3. The van der Waals surface area contributed by atoms with Crippen LogP contribution in [0.25, 0.3) is 0 Å². The number of benzene rings is 1. The van der Waals surface area contributed by atoms with E-state index < -0.39 is 40.3 Å². The number of morpholine rings is 1. The molecule has 142 valence electrons. The molecule has 0 aromatic heterocycles. The molecule has 4 rings (SSSR count). The number of hydrogen-bond donors (Lipinski definition) is 2. The molecule has 3 aliphatic rings. The number of fused-ring (bicyclic) bond motifs is 4. The molecule has 10 nitrogen and oxygen atoms in total. The highest BCUT2D eigenvalue weighted by molar-refractivity contribution is 6.20. The number of imide groups is 2. The molecule has 2 fully saturated rings. The number of amides is 4. The highest BCUT2D eigenvalue weighted by atomic mass is 16.6. The summed E-state index contributed by atoms with van der Waals surface area (Å²) in [6.07, 6.45) is -0.689. The molecule has 0 unspecified atom stereocenters. The van der Waals surface area contributed by atoms with E-state index >= 15 is 0 Å². The minimum Gasteiger partial charge on any atom is -0.372 e. The molecule has 4 amide bonds. The second kappa shape index (κ2) is 5.74. The third-order valence-electron chi connectivity index (χ3n) is 5.50. The van der Waals surface area contributed by atoms with Crippen LogP contribution in [0.4, 0.5) is 16.2 Å². The van der Waals surface area contributed by atoms with Gasteiger partial charge in [-0.25, -0.2) is 4.79 Å². The highest BCUT2D eigenvalue weighted by Crippen LogP contribution is 2.47. The third kappa shape index (κ3) is 2.40. The molecule has 1 aromatic rings. The first-order chi connectivity index (χ1) is 12.7. The predicted octanol–water partition coefficient (Wildman–Crippen LogP) is 0.485. The third-order valence-corrected chi connectivity index (χ3v) is 5.50. The number of anilines is 1. The number of non-ortho nitro benzene ring substituents is 1. The van der Waals surface area contributed by atoms with Crippen LogP contribution in [0.1, 0.15) is 19.4 Å². The monoisotopic (exact) mass is 374 g/mol. The van der Waals surface area contributed by atoms with Crippen LogP contribution in [-0.2, 0) is 20.7 Å². The summed E-state index contributed by atoms with van der Waals surface area (Å²) in [4.78, 5) is 49.9. The average Bonchev–Trinajstić information content (AvgIpc) is 2.58. The maximum absolute atomic E-state index is 12.9. The van der Waals surface area contributed by atoms with Gasteiger partial charge in [0.1, 0.15) is 0 Å². The molecule has 3 atom stereocenters. The SMILES string of the molecule is C[C@H]1CN2c3ccc([N+](=O)[O-])cc3CC3(C(=O)NC(=O)NC3=O)[C@@H]2[C@@H](C)O1. The summed E-state index contributed by atoms with van der Waals surface area (Å²) >= 11 is 0. The maximum atomic E-state index is 12.9. The Hall–Kier alpha value is -3.01. The lowest BCUT2D eigenvalue weighted by Crippen LogP contribution is -2.75. The van der Waals surface area contributed by atoms with Gasteiger partial charge in [0.2, 0.25) is 11.8 Å². The van der Waals surface area contributed by atoms with Gasteiger partial charge in [0, 0.05) is 30.8 Å². The van der Waals surface area contributed by atoms with E-state index in [0.717, 1.165) is 5.69 Å². The Morgan fingerprint density at radius 3 is 2.52 bits per heavy atom. The van der Waals surface area contributed by atoms with Crippen LogP contribution in [-0.4, -0.2) is 47.6 Å². The number of barbiturate groups is 1. The van der Waals surface area contributed by atoms with Gasteiger partial charge < -0.3 is 9.64 Å². The largest absolute Gasteiger partial charge is 0.372 e. The van der Waals surface area contributed by atoms with Crippen molar-refractivity contribution in [2.75, 3.05) is 11.4 Å². The number of nitrogens with one attached hydrogen (secondary N) is 2. The van der Waals surface area contributed by atoms with E-state index in [1.807, 2.05) is 11.8 Å². The zero-order valence-electron chi connectivity index (χ0n) is 14.7. The standard InChI is InChI=1S/C17H18N4O6/c1-8-7-20-12-4-3-11(21(25)26)5-10(12)6-17(13(20)9(2)27-8)14(22)18-16(24)19-15(17)23/h3-5,8-9,13H,6-7H2,1-2H3,(H2,18,19,22,23,24)/t8-,9+,13-/m0/s1. The minimum atomic E-state index is -1.62. The van der Waals surface area contributed by atoms with Crippen molar-refractivity contribution in [2.45, 2.75) is 38.5 Å². The Labute approximate surface area is 154 Å². The van der Waals surface area contributed by atoms with E-state index in [2.05, 4.69) is 10.6 Å². The van der Waals surface area contributed by atoms with Crippen LogP contribution < -0.4 is 15.5 Å². The fourth-order valence-corrected chi connectivity index (χ4v) is 4.55. The smallest absolute Gasteiger partial charge is 0.328 e. The number of nitro groups is 1. The van der Waals surface area contributed by atoms with Crippen LogP contribution in [0.2, 0.25) is 0 Å². The molecular weight excluding hydrogens is 356 g/mol. The topological polar surface area (TPSA) is 131 Å². The van der Waals surface area contributed by atoms with Crippen molar-refractivity contribution in [3.05, 3.63) is 33.9 Å². The van der Waals surface area contributed by atoms with Gasteiger partial charge in [-0.3, -0.25) is 30.3 Å². The molecule has 3 aliphatic heterocycles. The van der Waals surface area contributed by atoms with E-state index in [1.165, 1.54) is 12.1 Å². The minimum absolute atomic E-state index is 0.0573. The fourth-order valence-electron chi connectivity index (χ4n) is 4.55. The Morgan fingerprint density at radius 2 is 1.89 bits per heavy atom. The Balaban J connectivity index is 1.92. The van der Waals surface area contributed by atoms with Crippen molar-refractivity contribution in [1.82, 2.24) is 10.6 Å². The van der Waals surface area contributed by atoms with Gasteiger partial charge in [0.25, 0.3) is 5.69 Å². The molecule has 0 aliphatic carbocycles. The average molecular weight is 374 g/mol. The first kappa shape index (κ1) is 17.4. The normalized spacial score (nSPS) is 28.9. The Bertz CT molecular complexity index is 864. The first-order valence-corrected chi connectivity index (χ1v) is 8.60. The highest BCUT2D eigenvalue weighted by Gasteiger charge is 2.62. The predicted molar refractivity (Wildman–Crippen MR) is 92.1 cm³/mol. The lowest BCUT2D eigenvalue weighted by Gasteiger charge is -2.55. The lowest BCUT2D eigenvalue weighted by molar-refractivity contribution is -0.384. The molecule has 0 saturated carbocycles.